The van der Waals surface area contributed by atoms with Crippen LogP contribution in [0, 0.1) is 0 Å². The Hall–Kier alpha value is -1.17. The molecule has 13 heavy (non-hydrogen) atoms. The van der Waals surface area contributed by atoms with Gasteiger partial charge in [0.2, 0.25) is 0 Å². The summed E-state index contributed by atoms with van der Waals surface area (Å²) in [5.74, 6) is 0. The number of aldehydes is 1. The predicted molar refractivity (Wildman–Crippen MR) is 47.2 cm³/mol. The first kappa shape index (κ1) is 9.91. The average molecular weight is 202 g/mol. The van der Waals surface area contributed by atoms with Gasteiger partial charge in [-0.05, 0) is 13.0 Å². The van der Waals surface area contributed by atoms with E-state index in [1.165, 1.54) is 23.9 Å². The Balaban J connectivity index is 3.02. The summed E-state index contributed by atoms with van der Waals surface area (Å²) in [4.78, 5) is 10.3. The standard InChI is InChI=1S/C7H10N2O3S/c1-6(13(2,11)12)9-4-3-7(5-10)8-9/h3-6H,1-2H3. The number of hydrogen-bond donors (Lipinski definition) is 0. The molecule has 0 aromatic carbocycles. The minimum absolute atomic E-state index is 0.232. The van der Waals surface area contributed by atoms with E-state index < -0.39 is 15.2 Å². The molecule has 1 aromatic rings. The molecule has 1 unspecified atom stereocenters. The summed E-state index contributed by atoms with van der Waals surface area (Å²) in [7, 11) is -3.17. The molecule has 0 radical (unpaired) electrons. The molecule has 0 amide bonds. The Morgan fingerprint density at radius 3 is 2.62 bits per heavy atom. The lowest BCUT2D eigenvalue weighted by Crippen LogP contribution is -2.16. The van der Waals surface area contributed by atoms with E-state index >= 15 is 0 Å². The minimum atomic E-state index is -3.17. The van der Waals surface area contributed by atoms with Crippen LogP contribution in [0.15, 0.2) is 12.3 Å². The van der Waals surface area contributed by atoms with Gasteiger partial charge in [-0.1, -0.05) is 0 Å². The normalized spacial score (nSPS) is 14.0. The molecule has 1 heterocycles. The van der Waals surface area contributed by atoms with Crippen LogP contribution < -0.4 is 0 Å². The number of aromatic nitrogens is 2. The molecule has 0 aliphatic rings. The van der Waals surface area contributed by atoms with Crippen molar-refractivity contribution in [3.05, 3.63) is 18.0 Å². The maximum atomic E-state index is 11.1. The zero-order valence-corrected chi connectivity index (χ0v) is 8.15. The van der Waals surface area contributed by atoms with Crippen molar-refractivity contribution in [1.29, 1.82) is 0 Å². The lowest BCUT2D eigenvalue weighted by Gasteiger charge is -2.08. The van der Waals surface area contributed by atoms with E-state index in [-0.39, 0.29) is 5.69 Å². The lowest BCUT2D eigenvalue weighted by atomic mass is 10.5. The fourth-order valence-electron chi connectivity index (χ4n) is 0.814. The summed E-state index contributed by atoms with van der Waals surface area (Å²) in [6.07, 6.45) is 3.17. The first-order valence-electron chi connectivity index (χ1n) is 3.64. The SMILES string of the molecule is CC(n1ccc(C=O)n1)S(C)(=O)=O. The van der Waals surface area contributed by atoms with Gasteiger partial charge in [0.15, 0.2) is 16.1 Å². The number of nitrogens with zero attached hydrogens (tertiary/aromatic N) is 2. The van der Waals surface area contributed by atoms with Gasteiger partial charge in [-0.3, -0.25) is 9.48 Å². The molecule has 72 valence electrons. The highest BCUT2D eigenvalue weighted by atomic mass is 32.2. The van der Waals surface area contributed by atoms with Gasteiger partial charge in [0, 0.05) is 12.5 Å². The second-order valence-electron chi connectivity index (χ2n) is 2.77. The van der Waals surface area contributed by atoms with Gasteiger partial charge in [0.05, 0.1) is 0 Å². The van der Waals surface area contributed by atoms with Crippen molar-refractivity contribution < 1.29 is 13.2 Å². The van der Waals surface area contributed by atoms with Gasteiger partial charge in [0.1, 0.15) is 11.1 Å². The second-order valence-corrected chi connectivity index (χ2v) is 5.11. The van der Waals surface area contributed by atoms with Crippen molar-refractivity contribution in [2.45, 2.75) is 12.3 Å². The second kappa shape index (κ2) is 3.29. The van der Waals surface area contributed by atoms with Gasteiger partial charge >= 0.3 is 0 Å². The van der Waals surface area contributed by atoms with Gasteiger partial charge < -0.3 is 0 Å². The van der Waals surface area contributed by atoms with E-state index in [0.29, 0.717) is 6.29 Å². The van der Waals surface area contributed by atoms with Crippen LogP contribution in [0.5, 0.6) is 0 Å². The van der Waals surface area contributed by atoms with Gasteiger partial charge in [-0.25, -0.2) is 8.42 Å². The van der Waals surface area contributed by atoms with E-state index in [9.17, 15) is 13.2 Å². The molecule has 0 aliphatic heterocycles. The number of hydrogen-bond acceptors (Lipinski definition) is 4. The number of carbonyl (C=O) groups is 1. The van der Waals surface area contributed by atoms with Crippen LogP contribution in [0.1, 0.15) is 22.8 Å². The molecule has 6 heteroatoms. The van der Waals surface area contributed by atoms with Gasteiger partial charge in [0.25, 0.3) is 0 Å². The van der Waals surface area contributed by atoms with Crippen molar-refractivity contribution in [3.8, 4) is 0 Å². The van der Waals surface area contributed by atoms with Crippen LogP contribution in [0.2, 0.25) is 0 Å². The zero-order chi connectivity index (χ0) is 10.1. The molecule has 0 saturated carbocycles. The largest absolute Gasteiger partial charge is 0.296 e. The highest BCUT2D eigenvalue weighted by Gasteiger charge is 2.17. The Kier molecular flexibility index (Phi) is 2.51. The predicted octanol–water partition coefficient (Wildman–Crippen LogP) is 0.259. The highest BCUT2D eigenvalue weighted by Crippen LogP contribution is 2.11. The van der Waals surface area contributed by atoms with Gasteiger partial charge in [-0.15, -0.1) is 0 Å². The molecule has 0 bridgehead atoms. The Labute approximate surface area is 76.3 Å². The molecule has 1 aromatic heterocycles. The van der Waals surface area contributed by atoms with E-state index in [1.807, 2.05) is 0 Å². The fourth-order valence-corrected chi connectivity index (χ4v) is 1.32. The molecule has 0 N–H and O–H groups in total. The summed E-state index contributed by atoms with van der Waals surface area (Å²) in [5, 5.41) is 3.03. The van der Waals surface area contributed by atoms with Crippen LogP contribution in [-0.4, -0.2) is 30.7 Å². The molecular weight excluding hydrogens is 192 g/mol. The highest BCUT2D eigenvalue weighted by molar-refractivity contribution is 7.90. The van der Waals surface area contributed by atoms with Crippen LogP contribution in [0.4, 0.5) is 0 Å². The molecule has 1 atom stereocenters. The molecule has 0 saturated heterocycles. The van der Waals surface area contributed by atoms with Crippen LogP contribution in [0.3, 0.4) is 0 Å². The summed E-state index contributed by atoms with van der Waals surface area (Å²) >= 11 is 0. The molecule has 1 rings (SSSR count). The Bertz CT molecular complexity index is 407. The van der Waals surface area contributed by atoms with Crippen molar-refractivity contribution in [1.82, 2.24) is 9.78 Å². The molecular formula is C7H10N2O3S. The quantitative estimate of drug-likeness (QED) is 0.659. The molecule has 0 fully saturated rings. The third-order valence-electron chi connectivity index (χ3n) is 1.74. The van der Waals surface area contributed by atoms with Crippen LogP contribution in [-0.2, 0) is 9.84 Å². The van der Waals surface area contributed by atoms with E-state index in [1.54, 1.807) is 0 Å². The molecule has 0 aliphatic carbocycles. The first-order chi connectivity index (χ1) is 5.95. The third-order valence-corrected chi connectivity index (χ3v) is 3.20. The summed E-state index contributed by atoms with van der Waals surface area (Å²) in [6.45, 7) is 1.51. The van der Waals surface area contributed by atoms with Crippen molar-refractivity contribution >= 4 is 16.1 Å². The number of rotatable bonds is 3. The topological polar surface area (TPSA) is 69.0 Å². The monoisotopic (exact) mass is 202 g/mol. The fraction of sp³-hybridized carbons (Fsp3) is 0.429. The Morgan fingerprint density at radius 1 is 1.62 bits per heavy atom. The van der Waals surface area contributed by atoms with Crippen molar-refractivity contribution in [3.63, 3.8) is 0 Å². The maximum absolute atomic E-state index is 11.1. The summed E-state index contributed by atoms with van der Waals surface area (Å²) in [6, 6.07) is 1.47. The van der Waals surface area contributed by atoms with Crippen molar-refractivity contribution in [2.24, 2.45) is 0 Å². The number of carbonyl (C=O) groups excluding carboxylic acids is 1. The van der Waals surface area contributed by atoms with Gasteiger partial charge in [-0.2, -0.15) is 5.10 Å². The zero-order valence-electron chi connectivity index (χ0n) is 7.34. The van der Waals surface area contributed by atoms with Crippen molar-refractivity contribution in [2.75, 3.05) is 6.26 Å². The van der Waals surface area contributed by atoms with E-state index in [4.69, 9.17) is 0 Å². The van der Waals surface area contributed by atoms with E-state index in [2.05, 4.69) is 5.10 Å². The summed E-state index contributed by atoms with van der Waals surface area (Å²) < 4.78 is 23.4. The van der Waals surface area contributed by atoms with Crippen LogP contribution in [0.25, 0.3) is 0 Å². The minimum Gasteiger partial charge on any atom is -0.296 e. The molecule has 0 spiro atoms. The number of sulfone groups is 1. The van der Waals surface area contributed by atoms with E-state index in [0.717, 1.165) is 6.26 Å². The summed E-state index contributed by atoms with van der Waals surface area (Å²) in [5.41, 5.74) is 0.232. The Morgan fingerprint density at radius 2 is 2.23 bits per heavy atom. The molecule has 5 nitrogen and oxygen atoms in total. The lowest BCUT2D eigenvalue weighted by molar-refractivity contribution is 0.111. The average Bonchev–Trinajstić information content (AvgIpc) is 2.48. The maximum Gasteiger partial charge on any atom is 0.170 e. The van der Waals surface area contributed by atoms with Crippen LogP contribution >= 0.6 is 0 Å². The smallest absolute Gasteiger partial charge is 0.170 e. The third kappa shape index (κ3) is 2.15. The first-order valence-corrected chi connectivity index (χ1v) is 5.60.